The number of amides is 8. The third kappa shape index (κ3) is 19.9. The lowest BCUT2D eigenvalue weighted by Crippen LogP contribution is -2.54. The standard InChI is InChI=1S/C69H85FN14O18/c1-7-69(94)49-31-54-61-47(34-84(54)65(90)48(49)36-101-66(69)91)59-51(19-18-46-40(4)50(70)32-53(77-61)58(46)59)76-57(87)37-99-38-74-56(86)33-73-68(93)102-35-42-10-14-44(15-11-42)75-63(88)52(9-8-21-72-67(92)71-6)78-64(89)60(39(2)3)79-55(85)20-22-95-23-24-96-25-26-97-27-28-98-29-30-100-45-16-12-43(13-17-45)62-82-80-41(5)81-83-62/h10-17,31-32,39,51-52,60,94H,7-9,18-30,33-38H2,1-6H3,(H,73,93)(H,74,86)(H,75,88)(H,76,87)(H,78,89)(H,79,85)(H2,71,72,92)/t51-,52-,60-,69-/m0/s1. The zero-order valence-corrected chi connectivity index (χ0v) is 57.6. The number of nitrogens with one attached hydrogen (secondary N) is 8. The Labute approximate surface area is 585 Å². The van der Waals surface area contributed by atoms with Gasteiger partial charge in [-0.2, -0.15) is 0 Å². The van der Waals surface area contributed by atoms with Crippen LogP contribution in [0.15, 0.2) is 65.5 Å². The first-order valence-corrected chi connectivity index (χ1v) is 33.6. The monoisotopic (exact) mass is 1420 g/mol. The Morgan fingerprint density at radius 3 is 2.14 bits per heavy atom. The number of carbonyl (C=O) groups excluding carboxylic acids is 8. The highest BCUT2D eigenvalue weighted by atomic mass is 19.1. The predicted molar refractivity (Wildman–Crippen MR) is 362 cm³/mol. The van der Waals surface area contributed by atoms with Crippen molar-refractivity contribution in [2.24, 2.45) is 5.92 Å². The van der Waals surface area contributed by atoms with Crippen LogP contribution in [0.2, 0.25) is 0 Å². The number of esters is 1. The van der Waals surface area contributed by atoms with Gasteiger partial charge in [0.15, 0.2) is 11.4 Å². The van der Waals surface area contributed by atoms with E-state index in [1.54, 1.807) is 77.1 Å². The molecule has 0 radical (unpaired) electrons. The summed E-state index contributed by atoms with van der Waals surface area (Å²) in [6, 6.07) is 13.3. The molecular formula is C69H85FN14O18. The van der Waals surface area contributed by atoms with E-state index in [1.165, 1.54) is 17.7 Å². The number of halogens is 1. The molecule has 0 saturated heterocycles. The second-order valence-corrected chi connectivity index (χ2v) is 24.5. The highest BCUT2D eigenvalue weighted by molar-refractivity contribution is 5.99. The maximum atomic E-state index is 15.4. The van der Waals surface area contributed by atoms with Crippen LogP contribution in [0.25, 0.3) is 33.7 Å². The molecule has 102 heavy (non-hydrogen) atoms. The van der Waals surface area contributed by atoms with E-state index in [9.17, 15) is 48.3 Å². The lowest BCUT2D eigenvalue weighted by Gasteiger charge is -2.31. The van der Waals surface area contributed by atoms with Gasteiger partial charge in [-0.3, -0.25) is 28.8 Å². The van der Waals surface area contributed by atoms with Crippen molar-refractivity contribution in [3.63, 3.8) is 0 Å². The lowest BCUT2D eigenvalue weighted by molar-refractivity contribution is -0.172. The molecule has 0 fully saturated rings. The third-order valence-corrected chi connectivity index (χ3v) is 17.2. The summed E-state index contributed by atoms with van der Waals surface area (Å²) in [6.45, 7) is 9.46. The summed E-state index contributed by atoms with van der Waals surface area (Å²) in [5.41, 5.74) is 2.78. The summed E-state index contributed by atoms with van der Waals surface area (Å²) in [4.78, 5) is 123. The molecule has 0 bridgehead atoms. The van der Waals surface area contributed by atoms with E-state index in [-0.39, 0.29) is 82.4 Å². The topological polar surface area (TPSA) is 413 Å². The quantitative estimate of drug-likeness (QED) is 0.0153. The van der Waals surface area contributed by atoms with E-state index in [4.69, 9.17) is 42.9 Å². The molecule has 3 aromatic carbocycles. The lowest BCUT2D eigenvalue weighted by atomic mass is 9.81. The first-order valence-electron chi connectivity index (χ1n) is 33.6. The Kier molecular flexibility index (Phi) is 27.1. The highest BCUT2D eigenvalue weighted by Crippen LogP contribution is 2.46. The first-order chi connectivity index (χ1) is 49.1. The number of benzene rings is 3. The molecule has 546 valence electrons. The molecule has 1 aliphatic carbocycles. The number of nitrogens with zero attached hydrogens (tertiary/aromatic N) is 6. The van der Waals surface area contributed by atoms with Crippen molar-refractivity contribution in [2.45, 2.75) is 117 Å². The number of rotatable bonds is 37. The summed E-state index contributed by atoms with van der Waals surface area (Å²) in [5.74, 6) is -2.95. The van der Waals surface area contributed by atoms with Crippen LogP contribution >= 0.6 is 0 Å². The normalized spacial score (nSPS) is 15.4. The molecule has 3 aromatic heterocycles. The number of anilines is 1. The number of alkyl carbamates (subject to hydrolysis) is 1. The van der Waals surface area contributed by atoms with Gasteiger partial charge in [-0.05, 0) is 117 Å². The largest absolute Gasteiger partial charge is 0.491 e. The number of urea groups is 1. The molecular weight excluding hydrogens is 1330 g/mol. The van der Waals surface area contributed by atoms with Gasteiger partial charge in [0.1, 0.15) is 63.4 Å². The molecule has 0 saturated carbocycles. The van der Waals surface area contributed by atoms with Gasteiger partial charge in [0.05, 0.1) is 87.9 Å². The summed E-state index contributed by atoms with van der Waals surface area (Å²) in [5, 5.41) is 49.1. The average Bonchev–Trinajstić information content (AvgIpc) is 1.49. The minimum Gasteiger partial charge on any atom is -0.491 e. The van der Waals surface area contributed by atoms with Crippen molar-refractivity contribution in [1.82, 2.24) is 67.2 Å². The second kappa shape index (κ2) is 36.4. The number of hydrogen-bond acceptors (Lipinski definition) is 23. The second-order valence-electron chi connectivity index (χ2n) is 24.5. The average molecular weight is 1420 g/mol. The van der Waals surface area contributed by atoms with Gasteiger partial charge in [0, 0.05) is 53.8 Å². The van der Waals surface area contributed by atoms with Crippen LogP contribution in [0.1, 0.15) is 104 Å². The molecule has 6 aromatic rings. The molecule has 0 spiro atoms. The summed E-state index contributed by atoms with van der Waals surface area (Å²) in [6.07, 6.45) is 0.149. The van der Waals surface area contributed by atoms with Crippen LogP contribution in [0.4, 0.5) is 19.7 Å². The van der Waals surface area contributed by atoms with Gasteiger partial charge >= 0.3 is 18.1 Å². The molecule has 9 rings (SSSR count). The van der Waals surface area contributed by atoms with Crippen molar-refractivity contribution in [2.75, 3.05) is 98.3 Å². The van der Waals surface area contributed by atoms with Gasteiger partial charge < -0.3 is 90.1 Å². The number of pyridine rings is 2. The molecule has 8 amide bonds. The summed E-state index contributed by atoms with van der Waals surface area (Å²) >= 11 is 0. The molecule has 0 unspecified atom stereocenters. The minimum absolute atomic E-state index is 0.0486. The maximum Gasteiger partial charge on any atom is 0.407 e. The van der Waals surface area contributed by atoms with Crippen molar-refractivity contribution in [1.29, 1.82) is 0 Å². The Morgan fingerprint density at radius 1 is 0.775 bits per heavy atom. The van der Waals surface area contributed by atoms with E-state index in [1.807, 2.05) is 12.1 Å². The zero-order valence-electron chi connectivity index (χ0n) is 57.6. The Hall–Kier alpha value is -10.2. The molecule has 5 heterocycles. The SMILES string of the molecule is CC[C@@]1(O)C(=O)OCc2c1cc1n(c2=O)Cc2c-1nc1cc(F)c(C)c3c1c2[C@@H](NC(=O)COCNC(=O)CNC(=O)OCc1ccc(NC(=O)[C@H](CCCNC(=O)NC)NC(=O)[C@@H](NC(=O)CCOCCOCCOCCOCCOc2ccc(-c4nnc(C)nn4)cc2)C(C)C)cc1)CC3. The summed E-state index contributed by atoms with van der Waals surface area (Å²) < 4.78 is 60.8. The Balaban J connectivity index is 0.644. The molecule has 33 heteroatoms. The van der Waals surface area contributed by atoms with Gasteiger partial charge in [-0.15, -0.1) is 20.4 Å². The van der Waals surface area contributed by atoms with E-state index >= 15 is 4.39 Å². The van der Waals surface area contributed by atoms with E-state index in [2.05, 4.69) is 62.9 Å². The van der Waals surface area contributed by atoms with Crippen molar-refractivity contribution < 1.29 is 85.7 Å². The van der Waals surface area contributed by atoms with Crippen LogP contribution in [-0.4, -0.2) is 188 Å². The van der Waals surface area contributed by atoms with Gasteiger partial charge in [0.2, 0.25) is 35.4 Å². The van der Waals surface area contributed by atoms with Crippen LogP contribution in [0.3, 0.4) is 0 Å². The van der Waals surface area contributed by atoms with Gasteiger partial charge in [-0.25, -0.2) is 23.8 Å². The number of fused-ring (bicyclic) bond motifs is 5. The van der Waals surface area contributed by atoms with E-state index in [0.29, 0.717) is 127 Å². The molecule has 3 aliphatic rings. The van der Waals surface area contributed by atoms with Crippen LogP contribution in [0.5, 0.6) is 5.75 Å². The highest BCUT2D eigenvalue weighted by Gasteiger charge is 2.46. The Bertz CT molecular complexity index is 4050. The van der Waals surface area contributed by atoms with E-state index in [0.717, 1.165) is 11.1 Å². The Morgan fingerprint density at radius 2 is 1.46 bits per heavy atom. The fourth-order valence-corrected chi connectivity index (χ4v) is 11.7. The maximum absolute atomic E-state index is 15.4. The predicted octanol–water partition coefficient (Wildman–Crippen LogP) is 3.01. The molecule has 4 atom stereocenters. The third-order valence-electron chi connectivity index (χ3n) is 17.2. The van der Waals surface area contributed by atoms with Crippen LogP contribution < -0.4 is 52.8 Å². The number of ether oxygens (including phenoxy) is 8. The minimum atomic E-state index is -2.06. The van der Waals surface area contributed by atoms with Crippen molar-refractivity contribution in [3.05, 3.63) is 122 Å². The number of aryl methyl sites for hydroxylation is 2. The molecule has 32 nitrogen and oxygen atoms in total. The van der Waals surface area contributed by atoms with Crippen molar-refractivity contribution in [3.8, 4) is 28.5 Å². The van der Waals surface area contributed by atoms with Crippen LogP contribution in [0, 0.1) is 25.6 Å². The summed E-state index contributed by atoms with van der Waals surface area (Å²) in [7, 11) is 1.46. The number of aliphatic hydroxyl groups is 1. The number of aromatic nitrogens is 6. The number of carbonyl (C=O) groups is 8. The first kappa shape index (κ1) is 76.0. The van der Waals surface area contributed by atoms with E-state index < -0.39 is 103 Å². The fraction of sp³-hybridized carbons (Fsp3) is 0.478. The van der Waals surface area contributed by atoms with Gasteiger partial charge in [-0.1, -0.05) is 32.9 Å². The fourth-order valence-electron chi connectivity index (χ4n) is 11.7. The molecule has 9 N–H and O–H groups in total. The number of cyclic esters (lactones) is 1. The number of hydrogen-bond donors (Lipinski definition) is 9. The van der Waals surface area contributed by atoms with Gasteiger partial charge in [0.25, 0.3) is 5.56 Å². The zero-order chi connectivity index (χ0) is 72.9. The molecule has 2 aliphatic heterocycles. The smallest absolute Gasteiger partial charge is 0.407 e. The van der Waals surface area contributed by atoms with Crippen molar-refractivity contribution >= 4 is 64.2 Å². The van der Waals surface area contributed by atoms with Crippen LogP contribution in [-0.2, 0) is 93.7 Å².